The summed E-state index contributed by atoms with van der Waals surface area (Å²) < 4.78 is 0. The molecule has 3 heterocycles. The summed E-state index contributed by atoms with van der Waals surface area (Å²) in [5, 5.41) is 16.8. The fourth-order valence-electron chi connectivity index (χ4n) is 5.46. The Balaban J connectivity index is 1.10. The van der Waals surface area contributed by atoms with Gasteiger partial charge in [0, 0.05) is 63.7 Å². The molecule has 9 heteroatoms. The molecule has 1 saturated carbocycles. The minimum Gasteiger partial charge on any atom is -0.390 e. The van der Waals surface area contributed by atoms with Gasteiger partial charge in [0.05, 0.1) is 6.10 Å². The van der Waals surface area contributed by atoms with Crippen molar-refractivity contribution in [2.75, 3.05) is 38.0 Å². The first kappa shape index (κ1) is 23.7. The third-order valence-corrected chi connectivity index (χ3v) is 7.52. The number of amides is 2. The largest absolute Gasteiger partial charge is 0.390 e. The van der Waals surface area contributed by atoms with Crippen LogP contribution in [0.1, 0.15) is 54.2 Å². The van der Waals surface area contributed by atoms with Crippen LogP contribution >= 0.6 is 0 Å². The van der Waals surface area contributed by atoms with E-state index in [1.54, 1.807) is 13.0 Å². The number of aliphatic hydroxyl groups excluding tert-OH is 1. The number of piperidine rings is 1. The Hall–Kier alpha value is -3.04. The number of rotatable bonds is 7. The lowest BCUT2D eigenvalue weighted by atomic mass is 9.87. The first-order valence-corrected chi connectivity index (χ1v) is 12.5. The second-order valence-electron chi connectivity index (χ2n) is 10.2. The van der Waals surface area contributed by atoms with Gasteiger partial charge in [-0.15, -0.1) is 0 Å². The maximum Gasteiger partial charge on any atom is 0.270 e. The molecule has 0 radical (unpaired) electrons. The Kier molecular flexibility index (Phi) is 6.71. The highest BCUT2D eigenvalue weighted by Crippen LogP contribution is 2.52. The molecule has 1 saturated heterocycles. The van der Waals surface area contributed by atoms with Gasteiger partial charge in [-0.25, -0.2) is 9.97 Å². The predicted molar refractivity (Wildman–Crippen MR) is 132 cm³/mol. The maximum absolute atomic E-state index is 12.7. The van der Waals surface area contributed by atoms with Gasteiger partial charge in [0.25, 0.3) is 5.91 Å². The van der Waals surface area contributed by atoms with Crippen LogP contribution in [0.2, 0.25) is 0 Å². The Bertz CT molecular complexity index is 1080. The zero-order valence-corrected chi connectivity index (χ0v) is 20.2. The van der Waals surface area contributed by atoms with Crippen LogP contribution in [0.3, 0.4) is 0 Å². The van der Waals surface area contributed by atoms with E-state index in [1.165, 1.54) is 30.3 Å². The third-order valence-electron chi connectivity index (χ3n) is 7.52. The van der Waals surface area contributed by atoms with Crippen molar-refractivity contribution in [3.8, 4) is 0 Å². The number of β-amino-alcohol motifs (C(OH)–C–C–N with tert-alkyl or cyclic N) is 1. The van der Waals surface area contributed by atoms with E-state index in [2.05, 4.69) is 49.8 Å². The molecule has 35 heavy (non-hydrogen) atoms. The number of anilines is 1. The van der Waals surface area contributed by atoms with E-state index in [0.29, 0.717) is 25.5 Å². The minimum atomic E-state index is -0.661. The van der Waals surface area contributed by atoms with Gasteiger partial charge in [0.1, 0.15) is 17.8 Å². The second kappa shape index (κ2) is 9.91. The number of likely N-dealkylation sites (tertiary alicyclic amines) is 1. The number of benzene rings is 1. The summed E-state index contributed by atoms with van der Waals surface area (Å²) in [6.07, 6.45) is 4.78. The number of aromatic nitrogens is 2. The lowest BCUT2D eigenvalue weighted by Crippen LogP contribution is -2.45. The molecule has 186 valence electrons. The maximum atomic E-state index is 12.7. The van der Waals surface area contributed by atoms with E-state index in [9.17, 15) is 14.7 Å². The van der Waals surface area contributed by atoms with Crippen molar-refractivity contribution in [3.05, 3.63) is 53.5 Å². The molecule has 3 aliphatic rings. The second-order valence-corrected chi connectivity index (χ2v) is 10.2. The average Bonchev–Trinajstić information content (AvgIpc) is 3.62. The lowest BCUT2D eigenvalue weighted by Gasteiger charge is -2.36. The van der Waals surface area contributed by atoms with E-state index >= 15 is 0 Å². The SMILES string of the molecule is CC(=O)N1CCC(Nc2cc(C(=O)NC[C@H](O)CN3Cc4ccccc4C4(CC4)C3)ncn2)CC1. The highest BCUT2D eigenvalue weighted by Gasteiger charge is 2.48. The van der Waals surface area contributed by atoms with Gasteiger partial charge in [-0.1, -0.05) is 24.3 Å². The van der Waals surface area contributed by atoms with E-state index in [-0.39, 0.29) is 35.5 Å². The first-order valence-electron chi connectivity index (χ1n) is 12.5. The number of hydrogen-bond donors (Lipinski definition) is 3. The normalized spacial score (nSPS) is 20.2. The molecule has 2 aromatic rings. The van der Waals surface area contributed by atoms with Crippen LogP contribution in [0, 0.1) is 0 Å². The zero-order valence-electron chi connectivity index (χ0n) is 20.2. The molecule has 2 fully saturated rings. The van der Waals surface area contributed by atoms with Crippen LogP contribution in [0.25, 0.3) is 0 Å². The van der Waals surface area contributed by atoms with Gasteiger partial charge < -0.3 is 20.6 Å². The highest BCUT2D eigenvalue weighted by atomic mass is 16.3. The van der Waals surface area contributed by atoms with Crippen molar-refractivity contribution < 1.29 is 14.7 Å². The van der Waals surface area contributed by atoms with Gasteiger partial charge in [0.2, 0.25) is 5.91 Å². The summed E-state index contributed by atoms with van der Waals surface area (Å²) in [5.41, 5.74) is 3.34. The quantitative estimate of drug-likeness (QED) is 0.554. The molecule has 0 unspecified atom stereocenters. The number of nitrogens with zero attached hydrogens (tertiary/aromatic N) is 4. The zero-order chi connectivity index (χ0) is 24.4. The molecular formula is C26H34N6O3. The number of carbonyl (C=O) groups is 2. The molecule has 1 atom stereocenters. The van der Waals surface area contributed by atoms with Crippen LogP contribution < -0.4 is 10.6 Å². The van der Waals surface area contributed by atoms with Gasteiger partial charge in [-0.3, -0.25) is 14.5 Å². The predicted octanol–water partition coefficient (Wildman–Crippen LogP) is 1.54. The van der Waals surface area contributed by atoms with Gasteiger partial charge >= 0.3 is 0 Å². The minimum absolute atomic E-state index is 0.101. The number of fused-ring (bicyclic) bond motifs is 2. The van der Waals surface area contributed by atoms with E-state index in [1.807, 2.05) is 4.90 Å². The Morgan fingerprint density at radius 3 is 2.71 bits per heavy atom. The summed E-state index contributed by atoms with van der Waals surface area (Å²) in [6, 6.07) is 10.5. The van der Waals surface area contributed by atoms with E-state index < -0.39 is 6.10 Å². The highest BCUT2D eigenvalue weighted by molar-refractivity contribution is 5.92. The summed E-state index contributed by atoms with van der Waals surface area (Å²) in [5.74, 6) is 0.362. The molecule has 5 rings (SSSR count). The standard InChI is InChI=1S/C26H34N6O3/c1-18(33)32-10-6-20(7-11-32)30-24-12-23(28-17-29-24)25(35)27-13-21(34)15-31-14-19-4-2-3-5-22(19)26(16-31)8-9-26/h2-5,12,17,20-21,34H,6-11,13-16H2,1H3,(H,27,35)(H,28,29,30)/t21-/m0/s1. The van der Waals surface area contributed by atoms with E-state index in [4.69, 9.17) is 0 Å². The summed E-state index contributed by atoms with van der Waals surface area (Å²) >= 11 is 0. The molecule has 2 amide bonds. The van der Waals surface area contributed by atoms with Crippen LogP contribution in [0.5, 0.6) is 0 Å². The summed E-state index contributed by atoms with van der Waals surface area (Å²) in [6.45, 7) is 5.50. The van der Waals surface area contributed by atoms with Gasteiger partial charge in [-0.2, -0.15) is 0 Å². The third kappa shape index (κ3) is 5.46. The monoisotopic (exact) mass is 478 g/mol. The number of hydrogen-bond acceptors (Lipinski definition) is 7. The van der Waals surface area contributed by atoms with Crippen molar-refractivity contribution in [2.45, 2.75) is 56.7 Å². The number of aliphatic hydroxyl groups is 1. The Morgan fingerprint density at radius 1 is 1.20 bits per heavy atom. The molecular weight excluding hydrogens is 444 g/mol. The van der Waals surface area contributed by atoms with E-state index in [0.717, 1.165) is 25.9 Å². The number of nitrogens with one attached hydrogen (secondary N) is 2. The molecule has 1 spiro atoms. The smallest absolute Gasteiger partial charge is 0.270 e. The van der Waals surface area contributed by atoms with Crippen LogP contribution in [0.4, 0.5) is 5.82 Å². The van der Waals surface area contributed by atoms with Crippen molar-refractivity contribution in [3.63, 3.8) is 0 Å². The van der Waals surface area contributed by atoms with Crippen molar-refractivity contribution >= 4 is 17.6 Å². The Morgan fingerprint density at radius 2 is 1.97 bits per heavy atom. The molecule has 9 nitrogen and oxygen atoms in total. The van der Waals surface area contributed by atoms with Crippen LogP contribution in [-0.2, 0) is 16.8 Å². The molecule has 1 aromatic heterocycles. The molecule has 1 aliphatic carbocycles. The lowest BCUT2D eigenvalue weighted by molar-refractivity contribution is -0.129. The van der Waals surface area contributed by atoms with Crippen molar-refractivity contribution in [1.82, 2.24) is 25.1 Å². The number of carbonyl (C=O) groups excluding carboxylic acids is 2. The van der Waals surface area contributed by atoms with Crippen LogP contribution in [0.15, 0.2) is 36.7 Å². The molecule has 3 N–H and O–H groups in total. The molecule has 2 aliphatic heterocycles. The topological polar surface area (TPSA) is 111 Å². The van der Waals surface area contributed by atoms with Crippen molar-refractivity contribution in [1.29, 1.82) is 0 Å². The fourth-order valence-corrected chi connectivity index (χ4v) is 5.46. The van der Waals surface area contributed by atoms with Crippen LogP contribution in [-0.4, -0.2) is 81.6 Å². The summed E-state index contributed by atoms with van der Waals surface area (Å²) in [4.78, 5) is 36.7. The van der Waals surface area contributed by atoms with Gasteiger partial charge in [-0.05, 0) is 36.8 Å². The Labute approximate surface area is 205 Å². The molecule has 1 aromatic carbocycles. The fraction of sp³-hybridized carbons (Fsp3) is 0.538. The first-order chi connectivity index (χ1) is 16.9. The summed E-state index contributed by atoms with van der Waals surface area (Å²) in [7, 11) is 0. The van der Waals surface area contributed by atoms with Crippen molar-refractivity contribution in [2.24, 2.45) is 0 Å². The van der Waals surface area contributed by atoms with Gasteiger partial charge in [0.15, 0.2) is 0 Å². The molecule has 0 bridgehead atoms. The average molecular weight is 479 g/mol.